The Morgan fingerprint density at radius 2 is 1.57 bits per heavy atom. The van der Waals surface area contributed by atoms with Crippen LogP contribution in [0.25, 0.3) is 34.0 Å². The molecular formula is C15H9N3O2S. The van der Waals surface area contributed by atoms with Crippen molar-refractivity contribution in [2.45, 2.75) is 0 Å². The molecule has 2 aromatic heterocycles. The largest absolute Gasteiger partial charge is 0.436 e. The van der Waals surface area contributed by atoms with Crippen molar-refractivity contribution in [3.63, 3.8) is 0 Å². The summed E-state index contributed by atoms with van der Waals surface area (Å²) >= 11 is 4.86. The lowest BCUT2D eigenvalue weighted by Gasteiger charge is -1.97. The second-order valence-corrected chi connectivity index (χ2v) is 4.85. The summed E-state index contributed by atoms with van der Waals surface area (Å²) in [5.41, 5.74) is 3.34. The molecule has 0 saturated carbocycles. The number of para-hydroxylation sites is 2. The Hall–Kier alpha value is -2.73. The van der Waals surface area contributed by atoms with E-state index in [2.05, 4.69) is 15.2 Å². The number of rotatable bonds is 2. The molecule has 4 rings (SSSR count). The highest BCUT2D eigenvalue weighted by atomic mass is 32.1. The van der Waals surface area contributed by atoms with Gasteiger partial charge >= 0.3 is 0 Å². The Balaban J connectivity index is 1.74. The lowest BCUT2D eigenvalue weighted by Crippen LogP contribution is -1.80. The highest BCUT2D eigenvalue weighted by molar-refractivity contribution is 7.71. The van der Waals surface area contributed by atoms with E-state index in [9.17, 15) is 0 Å². The minimum Gasteiger partial charge on any atom is -0.436 e. The fraction of sp³-hybridized carbons (Fsp3) is 0. The van der Waals surface area contributed by atoms with Gasteiger partial charge in [0, 0.05) is 11.1 Å². The standard InChI is InChI=1S/C15H9N3O2S/c21-15-18-17-14(20-15)10-7-5-9(6-8-10)13-16-11-3-1-2-4-12(11)19-13/h1-8H,(H,18,21). The third-order valence-corrected chi connectivity index (χ3v) is 3.29. The summed E-state index contributed by atoms with van der Waals surface area (Å²) in [6, 6.07) is 15.3. The van der Waals surface area contributed by atoms with Crippen LogP contribution in [0.2, 0.25) is 0 Å². The zero-order chi connectivity index (χ0) is 14.2. The molecule has 0 amide bonds. The number of hydrogen-bond donors (Lipinski definition) is 1. The monoisotopic (exact) mass is 295 g/mol. The molecular weight excluding hydrogens is 286 g/mol. The Bertz CT molecular complexity index is 933. The first-order valence-corrected chi connectivity index (χ1v) is 6.72. The van der Waals surface area contributed by atoms with E-state index in [1.807, 2.05) is 48.5 Å². The van der Waals surface area contributed by atoms with Crippen LogP contribution in [0.15, 0.2) is 57.4 Å². The van der Waals surface area contributed by atoms with Crippen molar-refractivity contribution in [3.05, 3.63) is 53.4 Å². The molecule has 0 atom stereocenters. The van der Waals surface area contributed by atoms with Crippen molar-refractivity contribution in [2.75, 3.05) is 0 Å². The van der Waals surface area contributed by atoms with Gasteiger partial charge < -0.3 is 8.83 Å². The zero-order valence-electron chi connectivity index (χ0n) is 10.7. The number of oxazole rings is 1. The maximum Gasteiger partial charge on any atom is 0.284 e. The van der Waals surface area contributed by atoms with Gasteiger partial charge in [-0.25, -0.2) is 10.1 Å². The molecule has 1 N–H and O–H groups in total. The van der Waals surface area contributed by atoms with Crippen LogP contribution >= 0.6 is 12.2 Å². The van der Waals surface area contributed by atoms with E-state index in [0.29, 0.717) is 11.8 Å². The van der Waals surface area contributed by atoms with Crippen LogP contribution in [0.3, 0.4) is 0 Å². The van der Waals surface area contributed by atoms with E-state index in [4.69, 9.17) is 21.1 Å². The van der Waals surface area contributed by atoms with Crippen molar-refractivity contribution >= 4 is 23.3 Å². The lowest BCUT2D eigenvalue weighted by molar-refractivity contribution is 0.552. The Kier molecular flexibility index (Phi) is 2.68. The molecule has 0 radical (unpaired) electrons. The number of benzene rings is 2. The summed E-state index contributed by atoms with van der Waals surface area (Å²) in [6.07, 6.45) is 0. The second kappa shape index (κ2) is 4.68. The highest BCUT2D eigenvalue weighted by Gasteiger charge is 2.09. The number of fused-ring (bicyclic) bond motifs is 1. The smallest absolute Gasteiger partial charge is 0.284 e. The van der Waals surface area contributed by atoms with Crippen LogP contribution in [-0.4, -0.2) is 15.2 Å². The van der Waals surface area contributed by atoms with Crippen LogP contribution in [-0.2, 0) is 0 Å². The van der Waals surface area contributed by atoms with Crippen LogP contribution in [0, 0.1) is 4.84 Å². The summed E-state index contributed by atoms with van der Waals surface area (Å²) in [7, 11) is 0. The molecule has 0 unspecified atom stereocenters. The highest BCUT2D eigenvalue weighted by Crippen LogP contribution is 2.26. The molecule has 2 heterocycles. The van der Waals surface area contributed by atoms with Gasteiger partial charge in [0.15, 0.2) is 5.58 Å². The van der Waals surface area contributed by atoms with Gasteiger partial charge in [-0.05, 0) is 48.6 Å². The third-order valence-electron chi connectivity index (χ3n) is 3.11. The minimum atomic E-state index is 0.257. The Morgan fingerprint density at radius 1 is 0.857 bits per heavy atom. The van der Waals surface area contributed by atoms with E-state index >= 15 is 0 Å². The second-order valence-electron chi connectivity index (χ2n) is 4.48. The summed E-state index contributed by atoms with van der Waals surface area (Å²) in [6.45, 7) is 0. The SMILES string of the molecule is S=c1[nH]nc(-c2ccc(-c3nc4ccccc4o3)cc2)o1. The molecule has 0 spiro atoms. The number of aromatic amines is 1. The summed E-state index contributed by atoms with van der Waals surface area (Å²) in [5.74, 6) is 1.05. The van der Waals surface area contributed by atoms with E-state index in [-0.39, 0.29) is 4.84 Å². The Labute approximate surface area is 124 Å². The molecule has 0 fully saturated rings. The van der Waals surface area contributed by atoms with Gasteiger partial charge in [0.2, 0.25) is 11.8 Å². The molecule has 6 heteroatoms. The van der Waals surface area contributed by atoms with Gasteiger partial charge in [-0.3, -0.25) is 0 Å². The van der Waals surface area contributed by atoms with Crippen molar-refractivity contribution in [2.24, 2.45) is 0 Å². The number of aromatic nitrogens is 3. The van der Waals surface area contributed by atoms with Crippen molar-refractivity contribution in [1.29, 1.82) is 0 Å². The molecule has 0 aliphatic rings. The van der Waals surface area contributed by atoms with E-state index < -0.39 is 0 Å². The van der Waals surface area contributed by atoms with Gasteiger partial charge in [0.25, 0.3) is 4.84 Å². The fourth-order valence-corrected chi connectivity index (χ4v) is 2.23. The molecule has 2 aromatic carbocycles. The van der Waals surface area contributed by atoms with Gasteiger partial charge in [-0.15, -0.1) is 5.10 Å². The molecule has 0 aliphatic heterocycles. The molecule has 21 heavy (non-hydrogen) atoms. The van der Waals surface area contributed by atoms with E-state index in [1.165, 1.54) is 0 Å². The first-order valence-electron chi connectivity index (χ1n) is 6.31. The van der Waals surface area contributed by atoms with Crippen LogP contribution in [0.4, 0.5) is 0 Å². The van der Waals surface area contributed by atoms with Crippen LogP contribution < -0.4 is 0 Å². The van der Waals surface area contributed by atoms with Crippen molar-refractivity contribution in [1.82, 2.24) is 15.2 Å². The van der Waals surface area contributed by atoms with E-state index in [0.717, 1.165) is 22.2 Å². The maximum absolute atomic E-state index is 5.73. The number of hydrogen-bond acceptors (Lipinski definition) is 5. The predicted octanol–water partition coefficient (Wildman–Crippen LogP) is 4.21. The molecule has 0 saturated heterocycles. The first-order chi connectivity index (χ1) is 10.3. The van der Waals surface area contributed by atoms with Gasteiger partial charge in [-0.1, -0.05) is 12.1 Å². The van der Waals surface area contributed by atoms with Crippen molar-refractivity contribution < 1.29 is 8.83 Å². The minimum absolute atomic E-state index is 0.257. The van der Waals surface area contributed by atoms with Crippen molar-refractivity contribution in [3.8, 4) is 22.9 Å². The number of nitrogens with zero attached hydrogens (tertiary/aromatic N) is 2. The maximum atomic E-state index is 5.73. The molecule has 102 valence electrons. The van der Waals surface area contributed by atoms with Crippen LogP contribution in [0.5, 0.6) is 0 Å². The summed E-state index contributed by atoms with van der Waals surface area (Å²) in [4.78, 5) is 4.72. The third kappa shape index (κ3) is 2.15. The number of H-pyrrole nitrogens is 1. The average molecular weight is 295 g/mol. The fourth-order valence-electron chi connectivity index (χ4n) is 2.10. The molecule has 0 aliphatic carbocycles. The zero-order valence-corrected chi connectivity index (χ0v) is 11.6. The summed E-state index contributed by atoms with van der Waals surface area (Å²) in [5, 5.41) is 6.59. The van der Waals surface area contributed by atoms with E-state index in [1.54, 1.807) is 0 Å². The normalized spacial score (nSPS) is 11.0. The lowest BCUT2D eigenvalue weighted by atomic mass is 10.1. The molecule has 0 bridgehead atoms. The Morgan fingerprint density at radius 3 is 2.24 bits per heavy atom. The van der Waals surface area contributed by atoms with Gasteiger partial charge in [0.1, 0.15) is 5.52 Å². The first kappa shape index (κ1) is 12.0. The molecule has 4 aromatic rings. The average Bonchev–Trinajstić information content (AvgIpc) is 3.13. The predicted molar refractivity (Wildman–Crippen MR) is 80.1 cm³/mol. The van der Waals surface area contributed by atoms with Gasteiger partial charge in [0.05, 0.1) is 0 Å². The quantitative estimate of drug-likeness (QED) is 0.561. The number of nitrogens with one attached hydrogen (secondary N) is 1. The van der Waals surface area contributed by atoms with Gasteiger partial charge in [-0.2, -0.15) is 0 Å². The summed E-state index contributed by atoms with van der Waals surface area (Å²) < 4.78 is 11.0. The molecule has 5 nitrogen and oxygen atoms in total. The topological polar surface area (TPSA) is 67.8 Å². The van der Waals surface area contributed by atoms with Crippen LogP contribution in [0.1, 0.15) is 0 Å².